The summed E-state index contributed by atoms with van der Waals surface area (Å²) < 4.78 is 0. The molecule has 1 saturated carbocycles. The summed E-state index contributed by atoms with van der Waals surface area (Å²) in [5.41, 5.74) is 1.49. The van der Waals surface area contributed by atoms with Crippen LogP contribution in [0.15, 0.2) is 42.5 Å². The lowest BCUT2D eigenvalue weighted by molar-refractivity contribution is -0.926. The van der Waals surface area contributed by atoms with Gasteiger partial charge in [0.1, 0.15) is 6.54 Å². The van der Waals surface area contributed by atoms with Crippen LogP contribution in [0.3, 0.4) is 0 Å². The molecule has 3 atom stereocenters. The van der Waals surface area contributed by atoms with E-state index < -0.39 is 0 Å². The zero-order valence-electron chi connectivity index (χ0n) is 13.6. The van der Waals surface area contributed by atoms with Crippen molar-refractivity contribution in [2.24, 2.45) is 17.8 Å². The summed E-state index contributed by atoms with van der Waals surface area (Å²) in [6.45, 7) is 5.30. The Morgan fingerprint density at radius 2 is 1.82 bits per heavy atom. The van der Waals surface area contributed by atoms with Crippen LogP contribution in [0.2, 0.25) is 0 Å². The summed E-state index contributed by atoms with van der Waals surface area (Å²) in [7, 11) is 0. The Balaban J connectivity index is 1.19. The van der Waals surface area contributed by atoms with Gasteiger partial charge >= 0.3 is 0 Å². The molecular weight excluding hydrogens is 268 g/mol. The smallest absolute Gasteiger partial charge is 0.103 e. The summed E-state index contributed by atoms with van der Waals surface area (Å²) in [5.74, 6) is 2.83. The largest absolute Gasteiger partial charge is 0.343 e. The number of benzene rings is 1. The molecule has 3 N–H and O–H groups in total. The van der Waals surface area contributed by atoms with Crippen molar-refractivity contribution in [1.29, 1.82) is 0 Å². The van der Waals surface area contributed by atoms with Crippen LogP contribution in [0, 0.1) is 17.8 Å². The van der Waals surface area contributed by atoms with Crippen LogP contribution in [-0.4, -0.2) is 25.7 Å². The average molecular weight is 298 g/mol. The molecule has 2 heteroatoms. The van der Waals surface area contributed by atoms with Crippen LogP contribution in [0.25, 0.3) is 0 Å². The van der Waals surface area contributed by atoms with E-state index in [2.05, 4.69) is 47.8 Å². The van der Waals surface area contributed by atoms with Crippen molar-refractivity contribution in [3.63, 3.8) is 0 Å². The monoisotopic (exact) mass is 298 g/mol. The lowest BCUT2D eigenvalue weighted by atomic mass is 9.93. The normalized spacial score (nSPS) is 36.8. The number of piperidine rings is 1. The molecule has 0 amide bonds. The predicted octanol–water partition coefficient (Wildman–Crippen LogP) is 1.01. The highest BCUT2D eigenvalue weighted by Crippen LogP contribution is 2.42. The van der Waals surface area contributed by atoms with Gasteiger partial charge in [0.05, 0.1) is 25.7 Å². The Hall–Kier alpha value is -1.12. The third-order valence-corrected chi connectivity index (χ3v) is 6.22. The number of allylic oxidation sites excluding steroid dienone is 2. The number of fused-ring (bicyclic) bond motifs is 2. The summed E-state index contributed by atoms with van der Waals surface area (Å²) in [5, 5.41) is 2.69. The molecule has 2 nitrogen and oxygen atoms in total. The van der Waals surface area contributed by atoms with E-state index in [1.807, 2.05) is 0 Å². The maximum atomic E-state index is 2.69. The first-order chi connectivity index (χ1) is 10.9. The molecule has 22 heavy (non-hydrogen) atoms. The molecule has 0 spiro atoms. The van der Waals surface area contributed by atoms with Gasteiger partial charge < -0.3 is 10.2 Å². The van der Waals surface area contributed by atoms with Crippen molar-refractivity contribution in [2.75, 3.05) is 19.6 Å². The Morgan fingerprint density at radius 3 is 2.50 bits per heavy atom. The highest BCUT2D eigenvalue weighted by Gasteiger charge is 2.37. The minimum absolute atomic E-state index is 0.891. The molecule has 2 aliphatic carbocycles. The predicted molar refractivity (Wildman–Crippen MR) is 89.5 cm³/mol. The number of nitrogens with two attached hydrogens (primary N) is 1. The lowest BCUT2D eigenvalue weighted by Crippen LogP contribution is -3.13. The van der Waals surface area contributed by atoms with Crippen LogP contribution in [0.1, 0.15) is 31.2 Å². The Kier molecular flexibility index (Phi) is 4.31. The van der Waals surface area contributed by atoms with Gasteiger partial charge in [-0.3, -0.25) is 0 Å². The molecule has 0 radical (unpaired) electrons. The van der Waals surface area contributed by atoms with E-state index in [1.54, 1.807) is 4.90 Å². The van der Waals surface area contributed by atoms with E-state index >= 15 is 0 Å². The first-order valence-corrected chi connectivity index (χ1v) is 9.26. The standard InChI is InChI=1S/C20H28N2/c1-2-4-16(5-3-1)15-22-10-8-20(9-11-22)21-14-19-13-17-6-7-18(19)12-17/h1-7,17-21H,8-15H2/p+2/t17-,18-,19+/m0/s1. The Labute approximate surface area is 134 Å². The van der Waals surface area contributed by atoms with Crippen LogP contribution >= 0.6 is 0 Å². The summed E-state index contributed by atoms with van der Waals surface area (Å²) in [6.07, 6.45) is 10.7. The molecule has 3 aliphatic rings. The van der Waals surface area contributed by atoms with Gasteiger partial charge in [0.25, 0.3) is 0 Å². The average Bonchev–Trinajstić information content (AvgIpc) is 3.18. The molecule has 0 unspecified atom stereocenters. The van der Waals surface area contributed by atoms with Gasteiger partial charge in [-0.25, -0.2) is 0 Å². The van der Waals surface area contributed by atoms with Gasteiger partial charge in [0.15, 0.2) is 0 Å². The molecule has 4 rings (SSSR count). The number of rotatable bonds is 5. The molecule has 1 aromatic carbocycles. The van der Waals surface area contributed by atoms with Crippen molar-refractivity contribution >= 4 is 0 Å². The molecule has 2 bridgehead atoms. The molecule has 1 aliphatic heterocycles. The highest BCUT2D eigenvalue weighted by molar-refractivity contribution is 5.13. The van der Waals surface area contributed by atoms with Crippen molar-refractivity contribution in [3.05, 3.63) is 48.0 Å². The SMILES string of the molecule is C1=C[C@H]2C[C@H]1C[C@@H]2C[NH2+]C1CC[NH+](Cc2ccccc2)CC1. The topological polar surface area (TPSA) is 21.1 Å². The van der Waals surface area contributed by atoms with E-state index in [0.29, 0.717) is 0 Å². The van der Waals surface area contributed by atoms with Crippen LogP contribution < -0.4 is 10.2 Å². The second-order valence-corrected chi connectivity index (χ2v) is 7.76. The van der Waals surface area contributed by atoms with Crippen molar-refractivity contribution in [1.82, 2.24) is 0 Å². The highest BCUT2D eigenvalue weighted by atomic mass is 15.1. The zero-order valence-corrected chi connectivity index (χ0v) is 13.6. The molecule has 118 valence electrons. The van der Waals surface area contributed by atoms with Crippen molar-refractivity contribution < 1.29 is 10.2 Å². The maximum Gasteiger partial charge on any atom is 0.103 e. The van der Waals surface area contributed by atoms with Gasteiger partial charge in [0.2, 0.25) is 0 Å². The van der Waals surface area contributed by atoms with Crippen molar-refractivity contribution in [2.45, 2.75) is 38.3 Å². The summed E-state index contributed by atoms with van der Waals surface area (Å²) >= 11 is 0. The fourth-order valence-corrected chi connectivity index (χ4v) is 4.88. The van der Waals surface area contributed by atoms with Crippen LogP contribution in [0.5, 0.6) is 0 Å². The van der Waals surface area contributed by atoms with Crippen molar-refractivity contribution in [3.8, 4) is 0 Å². The van der Waals surface area contributed by atoms with E-state index in [1.165, 1.54) is 57.4 Å². The lowest BCUT2D eigenvalue weighted by Gasteiger charge is -2.29. The zero-order chi connectivity index (χ0) is 14.8. The third-order valence-electron chi connectivity index (χ3n) is 6.22. The minimum atomic E-state index is 0.891. The first-order valence-electron chi connectivity index (χ1n) is 9.26. The Bertz CT molecular complexity index is 502. The van der Waals surface area contributed by atoms with Gasteiger partial charge in [-0.2, -0.15) is 0 Å². The van der Waals surface area contributed by atoms with Crippen LogP contribution in [0.4, 0.5) is 0 Å². The van der Waals surface area contributed by atoms with Gasteiger partial charge in [-0.1, -0.05) is 42.5 Å². The maximum absolute atomic E-state index is 2.69. The van der Waals surface area contributed by atoms with E-state index in [-0.39, 0.29) is 0 Å². The number of quaternary nitrogens is 2. The summed E-state index contributed by atoms with van der Waals surface area (Å²) in [4.78, 5) is 1.78. The second kappa shape index (κ2) is 6.55. The fourth-order valence-electron chi connectivity index (χ4n) is 4.88. The van der Waals surface area contributed by atoms with E-state index in [9.17, 15) is 0 Å². The number of hydrogen-bond donors (Lipinski definition) is 2. The molecule has 0 aromatic heterocycles. The molecular formula is C20H30N2+2. The summed E-state index contributed by atoms with van der Waals surface area (Å²) in [6, 6.07) is 11.9. The van der Waals surface area contributed by atoms with E-state index in [4.69, 9.17) is 0 Å². The molecule has 1 heterocycles. The quantitative estimate of drug-likeness (QED) is 0.757. The van der Waals surface area contributed by atoms with Gasteiger partial charge in [0, 0.05) is 24.3 Å². The number of nitrogens with one attached hydrogen (secondary N) is 1. The molecule has 1 aromatic rings. The van der Waals surface area contributed by atoms with Gasteiger partial charge in [-0.05, 0) is 24.7 Å². The molecule has 1 saturated heterocycles. The van der Waals surface area contributed by atoms with E-state index in [0.717, 1.165) is 23.8 Å². The number of hydrogen-bond acceptors (Lipinski definition) is 0. The van der Waals surface area contributed by atoms with Crippen LogP contribution in [-0.2, 0) is 6.54 Å². The second-order valence-electron chi connectivity index (χ2n) is 7.76. The first kappa shape index (κ1) is 14.5. The number of likely N-dealkylation sites (tertiary alicyclic amines) is 1. The molecule has 2 fully saturated rings. The Morgan fingerprint density at radius 1 is 1.00 bits per heavy atom. The van der Waals surface area contributed by atoms with Gasteiger partial charge in [-0.15, -0.1) is 0 Å². The fraction of sp³-hybridized carbons (Fsp3) is 0.600. The minimum Gasteiger partial charge on any atom is -0.343 e. The third kappa shape index (κ3) is 3.28.